The highest BCUT2D eigenvalue weighted by molar-refractivity contribution is 4.78. The minimum atomic E-state index is 0.737. The van der Waals surface area contributed by atoms with E-state index in [4.69, 9.17) is 0 Å². The van der Waals surface area contributed by atoms with Crippen molar-refractivity contribution in [3.8, 4) is 0 Å². The fourth-order valence-electron chi connectivity index (χ4n) is 2.12. The lowest BCUT2D eigenvalue weighted by molar-refractivity contribution is 0.176. The summed E-state index contributed by atoms with van der Waals surface area (Å²) >= 11 is 0. The molecule has 3 nitrogen and oxygen atoms in total. The van der Waals surface area contributed by atoms with E-state index in [1.165, 1.54) is 52.0 Å². The summed E-state index contributed by atoms with van der Waals surface area (Å²) in [6, 6.07) is 0.737. The van der Waals surface area contributed by atoms with Crippen LogP contribution in [-0.2, 0) is 0 Å². The molecule has 15 heavy (non-hydrogen) atoms. The summed E-state index contributed by atoms with van der Waals surface area (Å²) in [7, 11) is 4.30. The molecule has 1 N–H and O–H groups in total. The Labute approximate surface area is 94.8 Å². The predicted octanol–water partition coefficient (Wildman–Crippen LogP) is 1.01. The molecule has 1 atom stereocenters. The van der Waals surface area contributed by atoms with Crippen LogP contribution in [0.2, 0.25) is 0 Å². The van der Waals surface area contributed by atoms with Gasteiger partial charge in [0.05, 0.1) is 0 Å². The molecule has 1 fully saturated rings. The van der Waals surface area contributed by atoms with E-state index in [0.29, 0.717) is 0 Å². The maximum Gasteiger partial charge on any atom is 0.0195 e. The van der Waals surface area contributed by atoms with Crippen molar-refractivity contribution in [2.75, 3.05) is 46.8 Å². The molecule has 1 rings (SSSR count). The van der Waals surface area contributed by atoms with E-state index in [2.05, 4.69) is 36.1 Å². The summed E-state index contributed by atoms with van der Waals surface area (Å²) in [6.07, 6.45) is 3.96. The van der Waals surface area contributed by atoms with Crippen LogP contribution >= 0.6 is 0 Å². The fraction of sp³-hybridized carbons (Fsp3) is 1.00. The normalized spacial score (nSPS) is 23.6. The second-order valence-corrected chi connectivity index (χ2v) is 4.90. The van der Waals surface area contributed by atoms with Crippen LogP contribution in [0.3, 0.4) is 0 Å². The maximum atomic E-state index is 3.63. The third-order valence-corrected chi connectivity index (χ3v) is 3.05. The summed E-state index contributed by atoms with van der Waals surface area (Å²) < 4.78 is 0. The van der Waals surface area contributed by atoms with Gasteiger partial charge in [-0.15, -0.1) is 0 Å². The van der Waals surface area contributed by atoms with Crippen LogP contribution in [0.1, 0.15) is 26.2 Å². The lowest BCUT2D eigenvalue weighted by Crippen LogP contribution is -2.47. The number of rotatable bonds is 6. The number of nitrogens with zero attached hydrogens (tertiary/aromatic N) is 2. The Hall–Kier alpha value is -0.120. The highest BCUT2D eigenvalue weighted by atomic mass is 15.2. The summed E-state index contributed by atoms with van der Waals surface area (Å²) in [5.74, 6) is 0. The van der Waals surface area contributed by atoms with Gasteiger partial charge in [-0.05, 0) is 46.4 Å². The second kappa shape index (κ2) is 7.20. The zero-order valence-corrected chi connectivity index (χ0v) is 10.6. The molecule has 0 aromatic heterocycles. The lowest BCUT2D eigenvalue weighted by atomic mass is 10.1. The molecule has 0 bridgehead atoms. The number of hydrogen-bond donors (Lipinski definition) is 1. The average Bonchev–Trinajstić information content (AvgIpc) is 2.24. The number of nitrogens with one attached hydrogen (secondary N) is 1. The van der Waals surface area contributed by atoms with Crippen molar-refractivity contribution in [2.45, 2.75) is 32.2 Å². The monoisotopic (exact) mass is 213 g/mol. The average molecular weight is 213 g/mol. The lowest BCUT2D eigenvalue weighted by Gasteiger charge is -2.33. The SMILES string of the molecule is CCCNC1CCCN(CCN(C)C)C1. The molecule has 1 heterocycles. The van der Waals surface area contributed by atoms with Gasteiger partial charge in [0.1, 0.15) is 0 Å². The molecular weight excluding hydrogens is 186 g/mol. The first-order valence-corrected chi connectivity index (χ1v) is 6.33. The van der Waals surface area contributed by atoms with E-state index < -0.39 is 0 Å². The molecule has 0 aliphatic carbocycles. The van der Waals surface area contributed by atoms with Crippen LogP contribution in [0.5, 0.6) is 0 Å². The highest BCUT2D eigenvalue weighted by Gasteiger charge is 2.18. The van der Waals surface area contributed by atoms with Crippen molar-refractivity contribution in [1.82, 2.24) is 15.1 Å². The van der Waals surface area contributed by atoms with Gasteiger partial charge in [0.2, 0.25) is 0 Å². The number of piperidine rings is 1. The van der Waals surface area contributed by atoms with Crippen molar-refractivity contribution >= 4 is 0 Å². The van der Waals surface area contributed by atoms with E-state index in [0.717, 1.165) is 6.04 Å². The summed E-state index contributed by atoms with van der Waals surface area (Å²) in [5.41, 5.74) is 0. The summed E-state index contributed by atoms with van der Waals surface area (Å²) in [6.45, 7) is 8.34. The molecule has 0 amide bonds. The summed E-state index contributed by atoms with van der Waals surface area (Å²) in [4.78, 5) is 4.86. The Morgan fingerprint density at radius 1 is 1.40 bits per heavy atom. The van der Waals surface area contributed by atoms with Gasteiger partial charge in [0.25, 0.3) is 0 Å². The van der Waals surface area contributed by atoms with E-state index in [1.54, 1.807) is 0 Å². The minimum absolute atomic E-state index is 0.737. The van der Waals surface area contributed by atoms with E-state index in [1.807, 2.05) is 0 Å². The molecule has 1 aliphatic heterocycles. The van der Waals surface area contributed by atoms with Gasteiger partial charge in [0, 0.05) is 25.7 Å². The Bertz CT molecular complexity index is 159. The van der Waals surface area contributed by atoms with Crippen LogP contribution in [0.4, 0.5) is 0 Å². The first kappa shape index (κ1) is 12.9. The third kappa shape index (κ3) is 5.50. The van der Waals surface area contributed by atoms with Crippen molar-refractivity contribution in [2.24, 2.45) is 0 Å². The van der Waals surface area contributed by atoms with E-state index >= 15 is 0 Å². The largest absolute Gasteiger partial charge is 0.313 e. The van der Waals surface area contributed by atoms with Crippen molar-refractivity contribution in [1.29, 1.82) is 0 Å². The fourth-order valence-corrected chi connectivity index (χ4v) is 2.12. The van der Waals surface area contributed by atoms with E-state index in [9.17, 15) is 0 Å². The molecule has 0 radical (unpaired) electrons. The third-order valence-electron chi connectivity index (χ3n) is 3.05. The highest BCUT2D eigenvalue weighted by Crippen LogP contribution is 2.09. The molecule has 1 unspecified atom stereocenters. The summed E-state index contributed by atoms with van der Waals surface area (Å²) in [5, 5.41) is 3.63. The number of likely N-dealkylation sites (tertiary alicyclic amines) is 1. The molecule has 0 aromatic rings. The van der Waals surface area contributed by atoms with Gasteiger partial charge in [-0.25, -0.2) is 0 Å². The van der Waals surface area contributed by atoms with Gasteiger partial charge in [-0.3, -0.25) is 0 Å². The molecule has 0 saturated carbocycles. The first-order valence-electron chi connectivity index (χ1n) is 6.33. The predicted molar refractivity (Wildman–Crippen MR) is 66.3 cm³/mol. The standard InChI is InChI=1S/C12H27N3/c1-4-7-13-12-6-5-8-15(11-12)10-9-14(2)3/h12-13H,4-11H2,1-3H3. The van der Waals surface area contributed by atoms with Crippen molar-refractivity contribution in [3.63, 3.8) is 0 Å². The van der Waals surface area contributed by atoms with Crippen LogP contribution in [0.25, 0.3) is 0 Å². The smallest absolute Gasteiger partial charge is 0.0195 e. The molecule has 0 spiro atoms. The Morgan fingerprint density at radius 3 is 2.87 bits per heavy atom. The number of hydrogen-bond acceptors (Lipinski definition) is 3. The molecule has 1 aliphatic rings. The quantitative estimate of drug-likeness (QED) is 0.710. The van der Waals surface area contributed by atoms with Gasteiger partial charge in [-0.1, -0.05) is 6.92 Å². The molecule has 0 aromatic carbocycles. The molecular formula is C12H27N3. The maximum absolute atomic E-state index is 3.63. The van der Waals surface area contributed by atoms with Gasteiger partial charge < -0.3 is 15.1 Å². The Morgan fingerprint density at radius 2 is 2.20 bits per heavy atom. The van der Waals surface area contributed by atoms with E-state index in [-0.39, 0.29) is 0 Å². The Kier molecular flexibility index (Phi) is 6.22. The van der Waals surface area contributed by atoms with Gasteiger partial charge >= 0.3 is 0 Å². The second-order valence-electron chi connectivity index (χ2n) is 4.90. The molecule has 3 heteroatoms. The minimum Gasteiger partial charge on any atom is -0.313 e. The zero-order chi connectivity index (χ0) is 11.1. The van der Waals surface area contributed by atoms with Crippen LogP contribution in [0, 0.1) is 0 Å². The van der Waals surface area contributed by atoms with Gasteiger partial charge in [-0.2, -0.15) is 0 Å². The molecule has 1 saturated heterocycles. The van der Waals surface area contributed by atoms with Crippen LogP contribution in [-0.4, -0.2) is 62.7 Å². The van der Waals surface area contributed by atoms with Crippen LogP contribution in [0.15, 0.2) is 0 Å². The zero-order valence-electron chi connectivity index (χ0n) is 10.6. The van der Waals surface area contributed by atoms with Crippen molar-refractivity contribution < 1.29 is 0 Å². The first-order chi connectivity index (χ1) is 7.22. The molecule has 90 valence electrons. The number of likely N-dealkylation sites (N-methyl/N-ethyl adjacent to an activating group) is 1. The van der Waals surface area contributed by atoms with Crippen LogP contribution < -0.4 is 5.32 Å². The van der Waals surface area contributed by atoms with Crippen molar-refractivity contribution in [3.05, 3.63) is 0 Å². The topological polar surface area (TPSA) is 18.5 Å². The van der Waals surface area contributed by atoms with Gasteiger partial charge in [0.15, 0.2) is 0 Å². The Balaban J connectivity index is 2.17.